The highest BCUT2D eigenvalue weighted by Crippen LogP contribution is 2.32. The monoisotopic (exact) mass is 542 g/mol. The van der Waals surface area contributed by atoms with Gasteiger partial charge < -0.3 is 31.1 Å². The molecule has 12 nitrogen and oxygen atoms in total. The van der Waals surface area contributed by atoms with Crippen molar-refractivity contribution in [3.63, 3.8) is 0 Å². The number of esters is 1. The average Bonchev–Trinajstić information content (AvgIpc) is 2.79. The van der Waals surface area contributed by atoms with E-state index in [0.717, 1.165) is 0 Å². The van der Waals surface area contributed by atoms with Gasteiger partial charge in [0, 0.05) is 17.9 Å². The molecule has 4 amide bonds. The van der Waals surface area contributed by atoms with Crippen LogP contribution in [0.15, 0.2) is 12.2 Å². The molecule has 14 heteroatoms. The molecule has 0 aromatic rings. The fourth-order valence-corrected chi connectivity index (χ4v) is 6.07. The largest absolute Gasteiger partial charge is 0.481 e. The summed E-state index contributed by atoms with van der Waals surface area (Å²) in [5.74, 6) is -3.49. The molecule has 2 heterocycles. The average molecular weight is 543 g/mol. The first-order chi connectivity index (χ1) is 17.2. The Morgan fingerprint density at radius 1 is 1.11 bits per heavy atom. The van der Waals surface area contributed by atoms with Gasteiger partial charge in [-0.25, -0.2) is 0 Å². The second-order valence-corrected chi connectivity index (χ2v) is 11.4. The molecule has 0 radical (unpaired) electrons. The van der Waals surface area contributed by atoms with Crippen LogP contribution in [0.2, 0.25) is 0 Å². The predicted molar refractivity (Wildman–Crippen MR) is 132 cm³/mol. The van der Waals surface area contributed by atoms with Gasteiger partial charge in [-0.3, -0.25) is 28.8 Å². The normalized spacial score (nSPS) is 28.0. The molecule has 198 valence electrons. The fourth-order valence-electron chi connectivity index (χ4n) is 3.91. The van der Waals surface area contributed by atoms with Crippen LogP contribution in [0.4, 0.5) is 0 Å². The summed E-state index contributed by atoms with van der Waals surface area (Å²) < 4.78 is 5.39. The summed E-state index contributed by atoms with van der Waals surface area (Å²) >= 11 is 0. The van der Waals surface area contributed by atoms with Crippen LogP contribution in [0.25, 0.3) is 0 Å². The van der Waals surface area contributed by atoms with E-state index in [1.54, 1.807) is 12.2 Å². The lowest BCUT2D eigenvalue weighted by Gasteiger charge is -2.41. The Bertz CT molecular complexity index is 924. The van der Waals surface area contributed by atoms with E-state index < -0.39 is 65.8 Å². The van der Waals surface area contributed by atoms with E-state index in [2.05, 4.69) is 21.3 Å². The Hall–Kier alpha value is -2.74. The van der Waals surface area contributed by atoms with Gasteiger partial charge in [-0.05, 0) is 38.2 Å². The number of nitrogens with one attached hydrogen (secondary N) is 4. The van der Waals surface area contributed by atoms with Crippen LogP contribution in [0.5, 0.6) is 0 Å². The second-order valence-electron chi connectivity index (χ2n) is 8.78. The van der Waals surface area contributed by atoms with Gasteiger partial charge in [-0.15, -0.1) is 0 Å². The van der Waals surface area contributed by atoms with Crippen molar-refractivity contribution in [3.8, 4) is 0 Å². The Morgan fingerprint density at radius 2 is 1.89 bits per heavy atom. The maximum absolute atomic E-state index is 13.2. The number of carbonyl (C=O) groups excluding carboxylic acids is 5. The topological polar surface area (TPSA) is 180 Å². The zero-order valence-electron chi connectivity index (χ0n) is 19.6. The summed E-state index contributed by atoms with van der Waals surface area (Å²) in [6.07, 6.45) is 3.59. The molecule has 0 aromatic heterocycles. The molecule has 0 unspecified atom stereocenters. The van der Waals surface area contributed by atoms with E-state index in [1.165, 1.54) is 21.6 Å². The molecule has 3 atom stereocenters. The van der Waals surface area contributed by atoms with E-state index in [1.807, 2.05) is 0 Å². The van der Waals surface area contributed by atoms with Gasteiger partial charge in [0.15, 0.2) is 0 Å². The van der Waals surface area contributed by atoms with E-state index in [9.17, 15) is 28.8 Å². The lowest BCUT2D eigenvalue weighted by Crippen LogP contribution is -2.66. The van der Waals surface area contributed by atoms with E-state index in [0.29, 0.717) is 31.4 Å². The van der Waals surface area contributed by atoms with Crippen molar-refractivity contribution < 1.29 is 38.6 Å². The highest BCUT2D eigenvalue weighted by Gasteiger charge is 2.46. The summed E-state index contributed by atoms with van der Waals surface area (Å²) in [5.41, 5.74) is -1.20. The van der Waals surface area contributed by atoms with E-state index in [4.69, 9.17) is 9.84 Å². The van der Waals surface area contributed by atoms with Crippen molar-refractivity contribution in [1.82, 2.24) is 21.3 Å². The number of allylic oxidation sites excluding steroid dienone is 1. The SMILES string of the molecule is O=C(O)CC[C@H]1NC(=O)C[C@H]2C=CCCSSC[C@@H](NC1=O)C(=O)NC1(CCC1)C(=O)NCC(=O)O2. The third kappa shape index (κ3) is 7.88. The first-order valence-electron chi connectivity index (χ1n) is 11.7. The molecular formula is C22H30N4O8S2. The minimum absolute atomic E-state index is 0.188. The van der Waals surface area contributed by atoms with Gasteiger partial charge in [-0.2, -0.15) is 0 Å². The number of hydrogen-bond donors (Lipinski definition) is 5. The Labute approximate surface area is 215 Å². The fraction of sp³-hybridized carbons (Fsp3) is 0.636. The molecule has 1 aliphatic carbocycles. The summed E-state index contributed by atoms with van der Waals surface area (Å²) in [6.45, 7) is -0.435. The van der Waals surface area contributed by atoms with Gasteiger partial charge in [0.05, 0.1) is 6.42 Å². The maximum atomic E-state index is 13.2. The zero-order chi connectivity index (χ0) is 26.1. The van der Waals surface area contributed by atoms with Crippen molar-refractivity contribution in [3.05, 3.63) is 12.2 Å². The molecular weight excluding hydrogens is 512 g/mol. The third-order valence-electron chi connectivity index (χ3n) is 6.04. The molecule has 0 aromatic carbocycles. The molecule has 3 aliphatic rings. The number of aliphatic carboxylic acids is 1. The lowest BCUT2D eigenvalue weighted by molar-refractivity contribution is -0.149. The molecule has 5 N–H and O–H groups in total. The minimum Gasteiger partial charge on any atom is -0.481 e. The van der Waals surface area contributed by atoms with Crippen LogP contribution in [-0.2, 0) is 33.5 Å². The third-order valence-corrected chi connectivity index (χ3v) is 8.48. The number of carbonyl (C=O) groups is 6. The predicted octanol–water partition coefficient (Wildman–Crippen LogP) is -0.367. The summed E-state index contributed by atoms with van der Waals surface area (Å²) in [4.78, 5) is 75.5. The first-order valence-corrected chi connectivity index (χ1v) is 14.2. The van der Waals surface area contributed by atoms with Crippen molar-refractivity contribution in [2.24, 2.45) is 0 Å². The molecule has 1 saturated heterocycles. The Balaban J connectivity index is 1.95. The van der Waals surface area contributed by atoms with E-state index in [-0.39, 0.29) is 25.0 Å². The number of carboxylic acid groups (broad SMARTS) is 1. The lowest BCUT2D eigenvalue weighted by atomic mass is 9.75. The van der Waals surface area contributed by atoms with Crippen LogP contribution in [0.3, 0.4) is 0 Å². The smallest absolute Gasteiger partial charge is 0.326 e. The molecule has 2 bridgehead atoms. The number of carboxylic acids is 1. The molecule has 2 aliphatic heterocycles. The van der Waals surface area contributed by atoms with Crippen LogP contribution >= 0.6 is 21.6 Å². The van der Waals surface area contributed by atoms with Crippen LogP contribution in [-0.4, -0.2) is 82.5 Å². The highest BCUT2D eigenvalue weighted by molar-refractivity contribution is 8.76. The molecule has 3 rings (SSSR count). The molecule has 36 heavy (non-hydrogen) atoms. The quantitative estimate of drug-likeness (QED) is 0.179. The van der Waals surface area contributed by atoms with Gasteiger partial charge in [0.2, 0.25) is 23.6 Å². The van der Waals surface area contributed by atoms with Crippen molar-refractivity contribution in [2.45, 2.75) is 68.7 Å². The number of hydrogen-bond acceptors (Lipinski definition) is 9. The van der Waals surface area contributed by atoms with Crippen LogP contribution in [0, 0.1) is 0 Å². The van der Waals surface area contributed by atoms with Gasteiger partial charge in [0.1, 0.15) is 30.3 Å². The Kier molecular flexibility index (Phi) is 10.0. The number of rotatable bonds is 3. The summed E-state index contributed by atoms with van der Waals surface area (Å²) in [7, 11) is 2.85. The first kappa shape index (κ1) is 27.8. The van der Waals surface area contributed by atoms with Crippen molar-refractivity contribution in [1.29, 1.82) is 0 Å². The summed E-state index contributed by atoms with van der Waals surface area (Å²) in [6, 6.07) is -2.25. The molecule has 1 spiro atoms. The Morgan fingerprint density at radius 3 is 2.58 bits per heavy atom. The summed E-state index contributed by atoms with van der Waals surface area (Å²) in [5, 5.41) is 19.5. The van der Waals surface area contributed by atoms with Gasteiger partial charge in [-0.1, -0.05) is 27.7 Å². The minimum atomic E-state index is -1.22. The molecule has 1 saturated carbocycles. The van der Waals surface area contributed by atoms with Crippen LogP contribution in [0.1, 0.15) is 44.9 Å². The van der Waals surface area contributed by atoms with E-state index >= 15 is 0 Å². The standard InChI is InChI=1S/C22H30N4O8S2/c27-16-10-13-4-1-2-9-35-36-12-15(25-19(31)14(24-16)5-6-17(28)29)20(32)26-22(7-3-8-22)21(33)23-11-18(30)34-13/h1,4,13-15H,2-3,5-12H2,(H,23,33)(H,24,27)(H,25,31)(H,26,32)(H,28,29)/t13-,14-,15-/m1/s1. The zero-order valence-corrected chi connectivity index (χ0v) is 21.2. The number of amides is 4. The maximum Gasteiger partial charge on any atom is 0.326 e. The highest BCUT2D eigenvalue weighted by atomic mass is 33.1. The number of fused-ring (bicyclic) bond motifs is 7. The van der Waals surface area contributed by atoms with Crippen molar-refractivity contribution >= 4 is 57.2 Å². The number of ether oxygens (including phenoxy) is 1. The van der Waals surface area contributed by atoms with Gasteiger partial charge >= 0.3 is 11.9 Å². The van der Waals surface area contributed by atoms with Crippen LogP contribution < -0.4 is 21.3 Å². The molecule has 2 fully saturated rings. The second kappa shape index (κ2) is 13.0. The van der Waals surface area contributed by atoms with Gasteiger partial charge in [0.25, 0.3) is 0 Å². The van der Waals surface area contributed by atoms with Crippen molar-refractivity contribution in [2.75, 3.05) is 18.1 Å².